The van der Waals surface area contributed by atoms with E-state index in [1.54, 1.807) is 0 Å². The fraction of sp³-hybridized carbons (Fsp3) is 0.857. The van der Waals surface area contributed by atoms with E-state index in [0.717, 1.165) is 64.2 Å². The van der Waals surface area contributed by atoms with Crippen molar-refractivity contribution < 1.29 is 28.6 Å². The number of hydrogen-bond donors (Lipinski definition) is 0. The van der Waals surface area contributed by atoms with Gasteiger partial charge in [-0.1, -0.05) is 390 Å². The molecule has 6 nitrogen and oxygen atoms in total. The normalized spacial score (nSPS) is 12.3. The number of carbonyl (C=O) groups excluding carboxylic acids is 3. The monoisotopic (exact) mass is 1160 g/mol. The first-order valence-electron chi connectivity index (χ1n) is 37.1. The highest BCUT2D eigenvalue weighted by molar-refractivity contribution is 5.71. The Morgan fingerprint density at radius 3 is 0.735 bits per heavy atom. The lowest BCUT2D eigenvalue weighted by atomic mass is 10.0. The van der Waals surface area contributed by atoms with Crippen molar-refractivity contribution in [1.29, 1.82) is 0 Å². The maximum Gasteiger partial charge on any atom is 0.306 e. The fourth-order valence-corrected chi connectivity index (χ4v) is 11.3. The van der Waals surface area contributed by atoms with Crippen LogP contribution in [0.5, 0.6) is 0 Å². The van der Waals surface area contributed by atoms with E-state index < -0.39 is 6.10 Å². The Labute approximate surface area is 518 Å². The molecule has 0 aromatic heterocycles. The van der Waals surface area contributed by atoms with Crippen LogP contribution in [0.25, 0.3) is 0 Å². The Kier molecular flexibility index (Phi) is 69.6. The largest absolute Gasteiger partial charge is 0.462 e. The lowest BCUT2D eigenvalue weighted by Gasteiger charge is -2.18. The molecular weight excluding hydrogens is 1020 g/mol. The molecule has 0 saturated carbocycles. The van der Waals surface area contributed by atoms with Crippen molar-refractivity contribution in [2.75, 3.05) is 13.2 Å². The lowest BCUT2D eigenvalue weighted by molar-refractivity contribution is -0.166. The van der Waals surface area contributed by atoms with Crippen LogP contribution in [-0.2, 0) is 28.6 Å². The van der Waals surface area contributed by atoms with Gasteiger partial charge in [0.05, 0.1) is 0 Å². The Morgan fingerprint density at radius 1 is 0.253 bits per heavy atom. The summed E-state index contributed by atoms with van der Waals surface area (Å²) in [5.74, 6) is -0.947. The van der Waals surface area contributed by atoms with Crippen molar-refractivity contribution >= 4 is 17.9 Å². The second kappa shape index (κ2) is 71.8. The molecule has 0 rings (SSSR count). The minimum Gasteiger partial charge on any atom is -0.462 e. The van der Waals surface area contributed by atoms with E-state index in [4.69, 9.17) is 14.2 Å². The fourth-order valence-electron chi connectivity index (χ4n) is 11.3. The molecule has 0 bridgehead atoms. The van der Waals surface area contributed by atoms with Crippen molar-refractivity contribution in [1.82, 2.24) is 0 Å². The van der Waals surface area contributed by atoms with Crippen LogP contribution in [-0.4, -0.2) is 37.2 Å². The third kappa shape index (κ3) is 70.0. The number of unbranched alkanes of at least 4 members (excludes halogenated alkanes) is 50. The van der Waals surface area contributed by atoms with Gasteiger partial charge in [0, 0.05) is 19.3 Å². The van der Waals surface area contributed by atoms with Crippen molar-refractivity contribution in [2.45, 2.75) is 412 Å². The Bertz CT molecular complexity index is 1430. The minimum absolute atomic E-state index is 0.0897. The molecule has 0 heterocycles. The Morgan fingerprint density at radius 2 is 0.470 bits per heavy atom. The molecule has 6 heteroatoms. The smallest absolute Gasteiger partial charge is 0.306 e. The molecule has 0 fully saturated rings. The van der Waals surface area contributed by atoms with E-state index in [2.05, 4.69) is 63.3 Å². The first-order valence-corrected chi connectivity index (χ1v) is 37.1. The number of rotatable bonds is 69. The maximum atomic E-state index is 12.9. The van der Waals surface area contributed by atoms with Gasteiger partial charge in [-0.15, -0.1) is 0 Å². The van der Waals surface area contributed by atoms with Gasteiger partial charge in [-0.05, 0) is 44.9 Å². The van der Waals surface area contributed by atoms with Gasteiger partial charge in [0.15, 0.2) is 6.10 Å². The molecule has 83 heavy (non-hydrogen) atoms. The minimum atomic E-state index is -0.800. The van der Waals surface area contributed by atoms with Gasteiger partial charge in [-0.2, -0.15) is 0 Å². The van der Waals surface area contributed by atoms with Crippen LogP contribution < -0.4 is 0 Å². The van der Waals surface area contributed by atoms with Crippen LogP contribution in [0.15, 0.2) is 48.6 Å². The average Bonchev–Trinajstić information content (AvgIpc) is 3.50. The molecule has 1 atom stereocenters. The lowest BCUT2D eigenvalue weighted by Crippen LogP contribution is -2.30. The third-order valence-electron chi connectivity index (χ3n) is 16.9. The van der Waals surface area contributed by atoms with Crippen molar-refractivity contribution in [3.63, 3.8) is 0 Å². The molecule has 1 unspecified atom stereocenters. The van der Waals surface area contributed by atoms with Crippen LogP contribution >= 0.6 is 0 Å². The number of carbonyl (C=O) groups is 3. The number of esters is 3. The summed E-state index contributed by atoms with van der Waals surface area (Å²) in [5, 5.41) is 0. The zero-order valence-electron chi connectivity index (χ0n) is 56.0. The first kappa shape index (κ1) is 80.4. The van der Waals surface area contributed by atoms with Gasteiger partial charge in [0.25, 0.3) is 0 Å². The first-order chi connectivity index (χ1) is 41.0. The molecule has 0 aliphatic carbocycles. The molecule has 0 radical (unpaired) electrons. The predicted molar refractivity (Wildman–Crippen MR) is 362 cm³/mol. The average molecular weight is 1160 g/mol. The van der Waals surface area contributed by atoms with E-state index in [0.29, 0.717) is 19.3 Å². The van der Waals surface area contributed by atoms with E-state index in [1.807, 2.05) is 6.08 Å². The van der Waals surface area contributed by atoms with E-state index in [9.17, 15) is 14.4 Å². The number of hydrogen-bond acceptors (Lipinski definition) is 6. The highest BCUT2D eigenvalue weighted by Gasteiger charge is 2.19. The summed E-state index contributed by atoms with van der Waals surface area (Å²) in [6, 6.07) is 0. The molecule has 0 aromatic carbocycles. The number of allylic oxidation sites excluding steroid dienone is 8. The molecular formula is C77H142O6. The van der Waals surface area contributed by atoms with E-state index in [-0.39, 0.29) is 37.5 Å². The van der Waals surface area contributed by atoms with E-state index in [1.165, 1.54) is 295 Å². The quantitative estimate of drug-likeness (QED) is 0.0261. The van der Waals surface area contributed by atoms with Gasteiger partial charge < -0.3 is 14.2 Å². The van der Waals surface area contributed by atoms with Crippen molar-refractivity contribution in [3.05, 3.63) is 48.6 Å². The second-order valence-electron chi connectivity index (χ2n) is 25.2. The zero-order chi connectivity index (χ0) is 59.9. The van der Waals surface area contributed by atoms with Crippen molar-refractivity contribution in [3.8, 4) is 0 Å². The van der Waals surface area contributed by atoms with Crippen LogP contribution in [0, 0.1) is 0 Å². The molecule has 486 valence electrons. The number of ether oxygens (including phenoxy) is 3. The summed E-state index contributed by atoms with van der Waals surface area (Å²) in [7, 11) is 0. The highest BCUT2D eigenvalue weighted by Crippen LogP contribution is 2.19. The summed E-state index contributed by atoms with van der Waals surface area (Å²) in [6.07, 6.45) is 92.0. The maximum absolute atomic E-state index is 12.9. The molecule has 0 aliphatic rings. The summed E-state index contributed by atoms with van der Waals surface area (Å²) in [4.78, 5) is 38.4. The standard InChI is InChI=1S/C77H142O6/c1-4-7-10-13-16-19-22-25-27-29-31-33-34-35-36-37-38-39-40-41-42-43-44-46-47-49-52-55-58-61-64-67-70-76(79)82-73-74(72-81-75(78)69-66-63-60-57-54-51-24-21-18-15-12-9-6-3)83-77(80)71-68-65-62-59-56-53-50-48-45-32-30-28-26-23-20-17-14-11-8-5-2/h9,12,18,21,51,54,60,63,74H,4-8,10-11,13-17,19-20,22-50,52-53,55-59,61-62,64-73H2,1-3H3/b12-9-,21-18-,54-51-,63-60-. The molecule has 0 aliphatic heterocycles. The molecule has 0 amide bonds. The van der Waals surface area contributed by atoms with Gasteiger partial charge in [0.2, 0.25) is 0 Å². The summed E-state index contributed by atoms with van der Waals surface area (Å²) in [6.45, 7) is 6.54. The molecule has 0 aromatic rings. The summed E-state index contributed by atoms with van der Waals surface area (Å²) >= 11 is 0. The summed E-state index contributed by atoms with van der Waals surface area (Å²) in [5.41, 5.74) is 0. The topological polar surface area (TPSA) is 78.9 Å². The Hall–Kier alpha value is -2.63. The highest BCUT2D eigenvalue weighted by atomic mass is 16.6. The van der Waals surface area contributed by atoms with Gasteiger partial charge in [-0.3, -0.25) is 14.4 Å². The van der Waals surface area contributed by atoms with Crippen LogP contribution in [0.3, 0.4) is 0 Å². The molecule has 0 spiro atoms. The zero-order valence-corrected chi connectivity index (χ0v) is 56.0. The third-order valence-corrected chi connectivity index (χ3v) is 16.9. The van der Waals surface area contributed by atoms with Crippen molar-refractivity contribution in [2.24, 2.45) is 0 Å². The van der Waals surface area contributed by atoms with Gasteiger partial charge >= 0.3 is 17.9 Å². The van der Waals surface area contributed by atoms with Crippen LogP contribution in [0.2, 0.25) is 0 Å². The second-order valence-corrected chi connectivity index (χ2v) is 25.2. The summed E-state index contributed by atoms with van der Waals surface area (Å²) < 4.78 is 16.9. The van der Waals surface area contributed by atoms with Gasteiger partial charge in [-0.25, -0.2) is 0 Å². The van der Waals surface area contributed by atoms with E-state index >= 15 is 0 Å². The molecule has 0 N–H and O–H groups in total. The SMILES string of the molecule is CC/C=C\C/C=C\C/C=C\C/C=C\CCC(=O)OCC(COC(=O)CCCCCCCCCCCCCCCCCCCCCCCCCCCCCCCCCC)OC(=O)CCCCCCCCCCCCCCCCCCCCCC. The molecule has 0 saturated heterocycles. The van der Waals surface area contributed by atoms with Crippen LogP contribution in [0.1, 0.15) is 406 Å². The Balaban J connectivity index is 4.15. The predicted octanol–water partition coefficient (Wildman–Crippen LogP) is 25.7. The van der Waals surface area contributed by atoms with Crippen LogP contribution in [0.4, 0.5) is 0 Å². The van der Waals surface area contributed by atoms with Gasteiger partial charge in [0.1, 0.15) is 13.2 Å².